The van der Waals surface area contributed by atoms with Gasteiger partial charge in [-0.3, -0.25) is 14.6 Å². The summed E-state index contributed by atoms with van der Waals surface area (Å²) in [6, 6.07) is 18.7. The summed E-state index contributed by atoms with van der Waals surface area (Å²) in [5.74, 6) is -0.0621. The first-order chi connectivity index (χ1) is 13.2. The minimum Gasteiger partial charge on any atom is -0.297 e. The Kier molecular flexibility index (Phi) is 7.13. The fraction of sp³-hybridized carbons (Fsp3) is 0.364. The number of carbonyl (C=O) groups is 1. The molecule has 1 amide bonds. The van der Waals surface area contributed by atoms with Crippen molar-refractivity contribution in [2.24, 2.45) is 5.10 Å². The lowest BCUT2D eigenvalue weighted by Gasteiger charge is -2.34. The molecule has 5 heteroatoms. The molecule has 0 saturated carbocycles. The van der Waals surface area contributed by atoms with E-state index in [1.807, 2.05) is 18.2 Å². The molecule has 0 spiro atoms. The van der Waals surface area contributed by atoms with Crippen molar-refractivity contribution in [1.29, 1.82) is 0 Å². The molecule has 1 saturated heterocycles. The maximum atomic E-state index is 12.1. The van der Waals surface area contributed by atoms with Gasteiger partial charge in [0.15, 0.2) is 0 Å². The van der Waals surface area contributed by atoms with E-state index in [1.54, 1.807) is 6.21 Å². The van der Waals surface area contributed by atoms with E-state index in [-0.39, 0.29) is 5.91 Å². The topological polar surface area (TPSA) is 47.9 Å². The van der Waals surface area contributed by atoms with Gasteiger partial charge in [0, 0.05) is 32.7 Å². The van der Waals surface area contributed by atoms with Crippen molar-refractivity contribution in [3.63, 3.8) is 0 Å². The lowest BCUT2D eigenvalue weighted by atomic mass is 10.1. The van der Waals surface area contributed by atoms with E-state index in [9.17, 15) is 4.79 Å². The van der Waals surface area contributed by atoms with E-state index in [0.29, 0.717) is 6.54 Å². The molecule has 2 aromatic rings. The highest BCUT2D eigenvalue weighted by Crippen LogP contribution is 2.08. The highest BCUT2D eigenvalue weighted by molar-refractivity contribution is 5.83. The Morgan fingerprint density at radius 2 is 1.63 bits per heavy atom. The Balaban J connectivity index is 1.37. The van der Waals surface area contributed by atoms with Crippen LogP contribution in [0.2, 0.25) is 0 Å². The fourth-order valence-electron chi connectivity index (χ4n) is 3.20. The van der Waals surface area contributed by atoms with Crippen molar-refractivity contribution in [2.75, 3.05) is 32.7 Å². The lowest BCUT2D eigenvalue weighted by molar-refractivity contribution is -0.122. The third-order valence-corrected chi connectivity index (χ3v) is 4.87. The monoisotopic (exact) mass is 364 g/mol. The summed E-state index contributed by atoms with van der Waals surface area (Å²) in [4.78, 5) is 16.7. The molecule has 1 aliphatic rings. The van der Waals surface area contributed by atoms with Crippen LogP contribution >= 0.6 is 0 Å². The number of hydrogen-bond acceptors (Lipinski definition) is 4. The summed E-state index contributed by atoms with van der Waals surface area (Å²) < 4.78 is 0. The molecule has 2 aromatic carbocycles. The van der Waals surface area contributed by atoms with Crippen LogP contribution in [0.1, 0.15) is 23.6 Å². The Hall–Kier alpha value is -2.50. The number of nitrogens with zero attached hydrogens (tertiary/aromatic N) is 3. The second-order valence-corrected chi connectivity index (χ2v) is 6.93. The average molecular weight is 364 g/mol. The smallest absolute Gasteiger partial charge is 0.254 e. The Bertz CT molecular complexity index is 735. The summed E-state index contributed by atoms with van der Waals surface area (Å²) in [6.45, 7) is 7.27. The predicted molar refractivity (Wildman–Crippen MR) is 110 cm³/mol. The molecule has 0 atom stereocenters. The van der Waals surface area contributed by atoms with Gasteiger partial charge in [0.1, 0.15) is 0 Å². The van der Waals surface area contributed by atoms with Gasteiger partial charge in [0.25, 0.3) is 5.91 Å². The van der Waals surface area contributed by atoms with Crippen molar-refractivity contribution >= 4 is 12.1 Å². The van der Waals surface area contributed by atoms with Crippen LogP contribution in [0.4, 0.5) is 0 Å². The summed E-state index contributed by atoms with van der Waals surface area (Å²) in [5.41, 5.74) is 6.25. The standard InChI is InChI=1S/C22H28N4O/c1-2-19-8-10-20(11-9-19)16-23-24-22(27)18-26-14-12-25(13-15-26)17-21-6-4-3-5-7-21/h3-11,16H,2,12-15,17-18H2,1H3,(H,24,27)/b23-16-. The van der Waals surface area contributed by atoms with Gasteiger partial charge < -0.3 is 0 Å². The molecule has 0 radical (unpaired) electrons. The number of aryl methyl sites for hydroxylation is 1. The highest BCUT2D eigenvalue weighted by atomic mass is 16.2. The first-order valence-corrected chi connectivity index (χ1v) is 9.62. The van der Waals surface area contributed by atoms with Gasteiger partial charge in [-0.1, -0.05) is 61.5 Å². The number of nitrogens with one attached hydrogen (secondary N) is 1. The molecular weight excluding hydrogens is 336 g/mol. The molecule has 0 aromatic heterocycles. The van der Waals surface area contributed by atoms with E-state index < -0.39 is 0 Å². The summed E-state index contributed by atoms with van der Waals surface area (Å²) in [6.07, 6.45) is 2.71. The van der Waals surface area contributed by atoms with Crippen molar-refractivity contribution < 1.29 is 4.79 Å². The molecule has 0 bridgehead atoms. The molecule has 1 heterocycles. The van der Waals surface area contributed by atoms with Crippen molar-refractivity contribution in [3.8, 4) is 0 Å². The van der Waals surface area contributed by atoms with Gasteiger partial charge in [-0.15, -0.1) is 0 Å². The minimum atomic E-state index is -0.0621. The van der Waals surface area contributed by atoms with Gasteiger partial charge in [-0.25, -0.2) is 5.43 Å². The first-order valence-electron chi connectivity index (χ1n) is 9.62. The molecule has 0 aliphatic carbocycles. The maximum absolute atomic E-state index is 12.1. The maximum Gasteiger partial charge on any atom is 0.254 e. The van der Waals surface area contributed by atoms with E-state index >= 15 is 0 Å². The Morgan fingerprint density at radius 3 is 2.30 bits per heavy atom. The normalized spacial score (nSPS) is 15.9. The van der Waals surface area contributed by atoms with E-state index in [1.165, 1.54) is 11.1 Å². The van der Waals surface area contributed by atoms with Gasteiger partial charge in [-0.2, -0.15) is 5.10 Å². The van der Waals surface area contributed by atoms with Crippen LogP contribution in [-0.2, 0) is 17.8 Å². The number of piperazine rings is 1. The third-order valence-electron chi connectivity index (χ3n) is 4.87. The lowest BCUT2D eigenvalue weighted by Crippen LogP contribution is -2.48. The molecule has 27 heavy (non-hydrogen) atoms. The summed E-state index contributed by atoms with van der Waals surface area (Å²) >= 11 is 0. The van der Waals surface area contributed by atoms with Crippen LogP contribution in [0.15, 0.2) is 59.7 Å². The zero-order valence-electron chi connectivity index (χ0n) is 16.0. The highest BCUT2D eigenvalue weighted by Gasteiger charge is 2.18. The van der Waals surface area contributed by atoms with E-state index in [0.717, 1.165) is 44.7 Å². The minimum absolute atomic E-state index is 0.0621. The number of rotatable bonds is 7. The summed E-state index contributed by atoms with van der Waals surface area (Å²) in [7, 11) is 0. The number of amides is 1. The van der Waals surface area contributed by atoms with Crippen LogP contribution in [0.25, 0.3) is 0 Å². The van der Waals surface area contributed by atoms with Crippen molar-refractivity contribution in [2.45, 2.75) is 19.9 Å². The van der Waals surface area contributed by atoms with Crippen LogP contribution in [0.5, 0.6) is 0 Å². The number of carbonyl (C=O) groups excluding carboxylic acids is 1. The third kappa shape index (κ3) is 6.31. The SMILES string of the molecule is CCc1ccc(/C=N\NC(=O)CN2CCN(Cc3ccccc3)CC2)cc1. The molecule has 142 valence electrons. The van der Waals surface area contributed by atoms with Gasteiger partial charge in [-0.05, 0) is 23.1 Å². The van der Waals surface area contributed by atoms with E-state index in [2.05, 4.69) is 63.6 Å². The van der Waals surface area contributed by atoms with Crippen molar-refractivity contribution in [3.05, 3.63) is 71.3 Å². The van der Waals surface area contributed by atoms with Crippen LogP contribution in [-0.4, -0.2) is 54.6 Å². The molecular formula is C22H28N4O. The first kappa shape index (κ1) is 19.3. The zero-order valence-corrected chi connectivity index (χ0v) is 16.0. The van der Waals surface area contributed by atoms with Crippen molar-refractivity contribution in [1.82, 2.24) is 15.2 Å². The number of hydrazone groups is 1. The molecule has 3 rings (SSSR count). The van der Waals surface area contributed by atoms with Crippen LogP contribution in [0, 0.1) is 0 Å². The number of benzene rings is 2. The fourth-order valence-corrected chi connectivity index (χ4v) is 3.20. The van der Waals surface area contributed by atoms with Gasteiger partial charge in [0.2, 0.25) is 0 Å². The Morgan fingerprint density at radius 1 is 0.963 bits per heavy atom. The second kappa shape index (κ2) is 10.00. The predicted octanol–water partition coefficient (Wildman–Crippen LogP) is 2.52. The zero-order chi connectivity index (χ0) is 18.9. The molecule has 5 nitrogen and oxygen atoms in total. The molecule has 1 aliphatic heterocycles. The Labute approximate surface area is 161 Å². The molecule has 0 unspecified atom stereocenters. The van der Waals surface area contributed by atoms with Crippen LogP contribution in [0.3, 0.4) is 0 Å². The van der Waals surface area contributed by atoms with Crippen LogP contribution < -0.4 is 5.43 Å². The second-order valence-electron chi connectivity index (χ2n) is 6.93. The molecule has 1 N–H and O–H groups in total. The number of hydrogen-bond donors (Lipinski definition) is 1. The van der Waals surface area contributed by atoms with Gasteiger partial charge in [0.05, 0.1) is 12.8 Å². The quantitative estimate of drug-likeness (QED) is 0.607. The van der Waals surface area contributed by atoms with Gasteiger partial charge >= 0.3 is 0 Å². The average Bonchev–Trinajstić information content (AvgIpc) is 2.71. The summed E-state index contributed by atoms with van der Waals surface area (Å²) in [5, 5.41) is 4.07. The largest absolute Gasteiger partial charge is 0.297 e. The van der Waals surface area contributed by atoms with E-state index in [4.69, 9.17) is 0 Å². The molecule has 1 fully saturated rings.